The van der Waals surface area contributed by atoms with E-state index in [1.54, 1.807) is 48.5 Å². The quantitative estimate of drug-likeness (QED) is 0.0560. The molecule has 4 N–H and O–H groups in total. The Bertz CT molecular complexity index is 1660. The van der Waals surface area contributed by atoms with Crippen LogP contribution in [0.5, 0.6) is 0 Å². The maximum Gasteiger partial charge on any atom is 0.796 e. The third-order valence-electron chi connectivity index (χ3n) is 7.34. The van der Waals surface area contributed by atoms with Gasteiger partial charge in [-0.2, -0.15) is 0 Å². The molecule has 11 heteroatoms. The van der Waals surface area contributed by atoms with Gasteiger partial charge in [-0.3, -0.25) is 14.4 Å². The zero-order chi connectivity index (χ0) is 31.8. The van der Waals surface area contributed by atoms with Crippen LogP contribution < -0.4 is 10.6 Å². The van der Waals surface area contributed by atoms with E-state index in [4.69, 9.17) is 4.65 Å². The zero-order valence-electron chi connectivity index (χ0n) is 25.1. The Morgan fingerprint density at radius 2 is 1.05 bits per heavy atom. The minimum Gasteiger partial charge on any atom is -0.503 e. The van der Waals surface area contributed by atoms with Gasteiger partial charge in [0, 0.05) is 17.5 Å². The van der Waals surface area contributed by atoms with Crippen LogP contribution in [0.4, 0.5) is 20.0 Å². The van der Waals surface area contributed by atoms with Gasteiger partial charge in [-0.25, -0.2) is 8.63 Å². The van der Waals surface area contributed by atoms with Gasteiger partial charge in [0.2, 0.25) is 5.78 Å². The van der Waals surface area contributed by atoms with E-state index in [1.165, 1.54) is 0 Å². The molecule has 0 aliphatic heterocycles. The number of benzene rings is 2. The summed E-state index contributed by atoms with van der Waals surface area (Å²) < 4.78 is 32.4. The van der Waals surface area contributed by atoms with Crippen LogP contribution in [0, 0.1) is 0 Å². The van der Waals surface area contributed by atoms with Crippen LogP contribution in [0.3, 0.4) is 0 Å². The highest BCUT2D eigenvalue weighted by Gasteiger charge is 2.29. The van der Waals surface area contributed by atoms with Crippen molar-refractivity contribution >= 4 is 42.2 Å². The van der Waals surface area contributed by atoms with E-state index in [9.17, 15) is 23.0 Å². The van der Waals surface area contributed by atoms with Crippen LogP contribution in [0.25, 0.3) is 5.76 Å². The van der Waals surface area contributed by atoms with Crippen LogP contribution in [0.15, 0.2) is 66.7 Å². The van der Waals surface area contributed by atoms with Crippen molar-refractivity contribution < 1.29 is 27.7 Å². The average Bonchev–Trinajstić information content (AvgIpc) is 3.60. The van der Waals surface area contributed by atoms with Crippen molar-refractivity contribution in [2.24, 2.45) is 0 Å². The fourth-order valence-corrected chi connectivity index (χ4v) is 5.41. The molecule has 4 rings (SSSR count). The number of para-hydroxylation sites is 2. The van der Waals surface area contributed by atoms with Crippen LogP contribution in [-0.4, -0.2) is 35.0 Å². The van der Waals surface area contributed by atoms with Crippen LogP contribution in [0.1, 0.15) is 87.1 Å². The first kappa shape index (κ1) is 32.0. The fraction of sp³-hybridized carbons (Fsp3) is 0.242. The monoisotopic (exact) mass is 600 g/mol. The largest absolute Gasteiger partial charge is 0.796 e. The van der Waals surface area contributed by atoms with Crippen molar-refractivity contribution in [3.05, 3.63) is 112 Å². The van der Waals surface area contributed by atoms with Crippen molar-refractivity contribution in [3.63, 3.8) is 0 Å². The highest BCUT2D eigenvalue weighted by molar-refractivity contribution is 6.36. The molecule has 4 aromatic rings. The van der Waals surface area contributed by atoms with Gasteiger partial charge in [0.15, 0.2) is 0 Å². The molecule has 0 atom stereocenters. The summed E-state index contributed by atoms with van der Waals surface area (Å²) in [5.41, 5.74) is 4.31. The molecule has 44 heavy (non-hydrogen) atoms. The Kier molecular flexibility index (Phi) is 10.5. The van der Waals surface area contributed by atoms with Gasteiger partial charge in [0.05, 0.1) is 11.4 Å². The number of ketones is 1. The Morgan fingerprint density at radius 3 is 1.45 bits per heavy atom. The second kappa shape index (κ2) is 14.5. The lowest BCUT2D eigenvalue weighted by atomic mass is 10.00. The number of amides is 2. The van der Waals surface area contributed by atoms with Gasteiger partial charge in [-0.1, -0.05) is 64.1 Å². The molecule has 0 saturated heterocycles. The maximum absolute atomic E-state index is 13.7. The molecule has 0 saturated carbocycles. The van der Waals surface area contributed by atoms with E-state index in [2.05, 4.69) is 20.6 Å². The first-order valence-electron chi connectivity index (χ1n) is 14.6. The molecule has 2 aromatic heterocycles. The standard InChI is InChI=1S/C33H35BF2N4O4/c1-5-22-24(7-3)30(32(42)37-20-15-11-9-12-16-20)39-28(22)26(41)19-27(44-34(35)36)29-23(6-2)25(8-4)31(40-29)33(43)38-21-17-13-10-14-18-21/h9-19,39-40H,5-8H2,1-4H3,(H,37,42)(H,38,43)/b27-19-. The molecule has 0 fully saturated rings. The number of nitrogens with one attached hydrogen (secondary N) is 4. The van der Waals surface area contributed by atoms with E-state index < -0.39 is 30.8 Å². The lowest BCUT2D eigenvalue weighted by molar-refractivity contribution is 0.101. The lowest BCUT2D eigenvalue weighted by Crippen LogP contribution is -2.14. The van der Waals surface area contributed by atoms with E-state index in [0.717, 1.165) is 6.08 Å². The molecule has 0 radical (unpaired) electrons. The molecular formula is C33H35BF2N4O4. The summed E-state index contributed by atoms with van der Waals surface area (Å²) in [7, 11) is -3.23. The van der Waals surface area contributed by atoms with Crippen LogP contribution >= 0.6 is 0 Å². The van der Waals surface area contributed by atoms with Gasteiger partial charge < -0.3 is 25.3 Å². The number of carbonyl (C=O) groups excluding carboxylic acids is 3. The number of aromatic amines is 2. The molecular weight excluding hydrogens is 565 g/mol. The molecule has 8 nitrogen and oxygen atoms in total. The van der Waals surface area contributed by atoms with Gasteiger partial charge >= 0.3 is 7.47 Å². The van der Waals surface area contributed by atoms with E-state index >= 15 is 0 Å². The first-order chi connectivity index (χ1) is 21.2. The number of anilines is 2. The minimum atomic E-state index is -3.23. The summed E-state index contributed by atoms with van der Waals surface area (Å²) in [4.78, 5) is 46.1. The predicted octanol–water partition coefficient (Wildman–Crippen LogP) is 7.26. The van der Waals surface area contributed by atoms with E-state index in [0.29, 0.717) is 59.3 Å². The van der Waals surface area contributed by atoms with Gasteiger partial charge in [-0.05, 0) is 72.2 Å². The minimum absolute atomic E-state index is 0.111. The summed E-state index contributed by atoms with van der Waals surface area (Å²) in [6, 6.07) is 17.8. The third kappa shape index (κ3) is 6.99. The summed E-state index contributed by atoms with van der Waals surface area (Å²) in [5, 5.41) is 5.64. The van der Waals surface area contributed by atoms with Gasteiger partial charge in [0.1, 0.15) is 17.1 Å². The molecule has 2 aromatic carbocycles. The lowest BCUT2D eigenvalue weighted by Gasteiger charge is -2.10. The number of carbonyl (C=O) groups is 3. The van der Waals surface area contributed by atoms with Crippen molar-refractivity contribution in [2.45, 2.75) is 53.4 Å². The number of hydrogen-bond acceptors (Lipinski definition) is 4. The van der Waals surface area contributed by atoms with Gasteiger partial charge in [0.25, 0.3) is 11.8 Å². The van der Waals surface area contributed by atoms with Crippen molar-refractivity contribution in [2.75, 3.05) is 10.6 Å². The number of aromatic nitrogens is 2. The molecule has 2 heterocycles. The topological polar surface area (TPSA) is 116 Å². The smallest absolute Gasteiger partial charge is 0.503 e. The summed E-state index contributed by atoms with van der Waals surface area (Å²) in [6.45, 7) is 7.41. The number of rotatable bonds is 13. The molecule has 0 bridgehead atoms. The summed E-state index contributed by atoms with van der Waals surface area (Å²) >= 11 is 0. The normalized spacial score (nSPS) is 11.3. The zero-order valence-corrected chi connectivity index (χ0v) is 25.1. The second-order valence-electron chi connectivity index (χ2n) is 9.97. The van der Waals surface area contributed by atoms with E-state index in [1.807, 2.05) is 39.8 Å². The van der Waals surface area contributed by atoms with Crippen LogP contribution in [-0.2, 0) is 30.3 Å². The molecule has 0 aliphatic rings. The fourth-order valence-electron chi connectivity index (χ4n) is 5.41. The summed E-state index contributed by atoms with van der Waals surface area (Å²) in [5.74, 6) is -1.92. The van der Waals surface area contributed by atoms with Crippen molar-refractivity contribution in [3.8, 4) is 0 Å². The Labute approximate surface area is 255 Å². The highest BCUT2D eigenvalue weighted by Crippen LogP contribution is 2.30. The molecule has 228 valence electrons. The number of allylic oxidation sites excluding steroid dienone is 1. The molecule has 0 aliphatic carbocycles. The van der Waals surface area contributed by atoms with Crippen LogP contribution in [0.2, 0.25) is 0 Å². The van der Waals surface area contributed by atoms with Crippen molar-refractivity contribution in [1.29, 1.82) is 0 Å². The Hall–Kier alpha value is -4.93. The van der Waals surface area contributed by atoms with E-state index in [-0.39, 0.29) is 22.8 Å². The number of hydrogen-bond donors (Lipinski definition) is 4. The number of H-pyrrole nitrogens is 2. The summed E-state index contributed by atoms with van der Waals surface area (Å²) in [6.07, 6.45) is 2.69. The molecule has 0 spiro atoms. The maximum atomic E-state index is 13.7. The third-order valence-corrected chi connectivity index (χ3v) is 7.34. The second-order valence-corrected chi connectivity index (χ2v) is 9.97. The Balaban J connectivity index is 1.76. The predicted molar refractivity (Wildman–Crippen MR) is 169 cm³/mol. The number of halogens is 2. The highest BCUT2D eigenvalue weighted by atomic mass is 19.2. The van der Waals surface area contributed by atoms with Gasteiger partial charge in [-0.15, -0.1) is 0 Å². The SMILES string of the molecule is CCc1c(C(=O)/C=C(\OB(F)F)c2[nH]c(C(=O)Nc3ccccc3)c(CC)c2CC)[nH]c(C(=O)Nc2ccccc2)c1CC. The van der Waals surface area contributed by atoms with Crippen molar-refractivity contribution in [1.82, 2.24) is 9.97 Å². The Morgan fingerprint density at radius 1 is 0.659 bits per heavy atom. The average molecular weight is 600 g/mol. The molecule has 2 amide bonds. The first-order valence-corrected chi connectivity index (χ1v) is 14.6. The molecule has 0 unspecified atom stereocenters.